The van der Waals surface area contributed by atoms with E-state index < -0.39 is 0 Å². The molecule has 2 aromatic rings. The summed E-state index contributed by atoms with van der Waals surface area (Å²) in [6, 6.07) is 2.00. The number of aromatic nitrogens is 3. The first kappa shape index (κ1) is 12.3. The highest BCUT2D eigenvalue weighted by Crippen LogP contribution is 2.21. The van der Waals surface area contributed by atoms with Gasteiger partial charge in [0.1, 0.15) is 5.69 Å². The number of H-pyrrole nitrogens is 1. The predicted octanol–water partition coefficient (Wildman–Crippen LogP) is 1.96. The van der Waals surface area contributed by atoms with Crippen molar-refractivity contribution >= 4 is 17.2 Å². The number of rotatable bonds is 3. The fraction of sp³-hybridized carbons (Fsp3) is 0.462. The number of likely N-dealkylation sites (tertiary alicyclic amines) is 1. The number of carbonyl (C=O) groups excluding carboxylic acids is 1. The van der Waals surface area contributed by atoms with Crippen LogP contribution in [0.5, 0.6) is 0 Å². The van der Waals surface area contributed by atoms with E-state index in [0.717, 1.165) is 31.6 Å². The average Bonchev–Trinajstić information content (AvgIpc) is 3.11. The van der Waals surface area contributed by atoms with Gasteiger partial charge < -0.3 is 4.90 Å². The van der Waals surface area contributed by atoms with Gasteiger partial charge in [0.05, 0.1) is 5.51 Å². The fourth-order valence-electron chi connectivity index (χ4n) is 2.61. The maximum absolute atomic E-state index is 12.3. The molecule has 0 radical (unpaired) electrons. The van der Waals surface area contributed by atoms with Crippen LogP contribution in [-0.4, -0.2) is 39.1 Å². The molecule has 6 heteroatoms. The number of nitrogens with zero attached hydrogens (tertiary/aromatic N) is 3. The molecule has 0 spiro atoms. The van der Waals surface area contributed by atoms with Crippen LogP contribution in [-0.2, 0) is 6.42 Å². The Balaban J connectivity index is 1.63. The molecular weight excluding hydrogens is 260 g/mol. The van der Waals surface area contributed by atoms with Crippen molar-refractivity contribution in [3.05, 3.63) is 34.5 Å². The van der Waals surface area contributed by atoms with Crippen molar-refractivity contribution in [2.45, 2.75) is 19.3 Å². The van der Waals surface area contributed by atoms with Gasteiger partial charge in [-0.3, -0.25) is 9.89 Å². The number of nitrogens with one attached hydrogen (secondary N) is 1. The largest absolute Gasteiger partial charge is 0.337 e. The van der Waals surface area contributed by atoms with E-state index >= 15 is 0 Å². The number of hydrogen-bond donors (Lipinski definition) is 1. The minimum Gasteiger partial charge on any atom is -0.337 e. The smallest absolute Gasteiger partial charge is 0.273 e. The molecule has 5 nitrogen and oxygen atoms in total. The van der Waals surface area contributed by atoms with Gasteiger partial charge in [-0.2, -0.15) is 5.10 Å². The fourth-order valence-corrected chi connectivity index (χ4v) is 3.13. The first-order valence-electron chi connectivity index (χ1n) is 6.48. The molecule has 1 fully saturated rings. The molecule has 1 saturated heterocycles. The Morgan fingerprint density at radius 2 is 2.53 bits per heavy atom. The van der Waals surface area contributed by atoms with E-state index in [0.29, 0.717) is 11.6 Å². The number of thiazole rings is 1. The Kier molecular flexibility index (Phi) is 3.59. The minimum atomic E-state index is 0.0653. The van der Waals surface area contributed by atoms with Gasteiger partial charge in [0.15, 0.2) is 0 Å². The van der Waals surface area contributed by atoms with E-state index in [1.54, 1.807) is 11.7 Å². The van der Waals surface area contributed by atoms with Gasteiger partial charge in [0, 0.05) is 30.4 Å². The van der Waals surface area contributed by atoms with Crippen molar-refractivity contribution in [1.29, 1.82) is 0 Å². The van der Waals surface area contributed by atoms with Crippen molar-refractivity contribution in [3.8, 4) is 0 Å². The van der Waals surface area contributed by atoms with Gasteiger partial charge in [-0.1, -0.05) is 0 Å². The standard InChI is InChI=1S/C13H16N4OS/c18-13(12-8-19-9-14-12)17-5-1-2-10(7-17)6-11-3-4-15-16-11/h3-4,8-10H,1-2,5-7H2,(H,15,16). The Morgan fingerprint density at radius 3 is 3.26 bits per heavy atom. The van der Waals surface area contributed by atoms with Crippen molar-refractivity contribution < 1.29 is 4.79 Å². The molecule has 3 heterocycles. The molecule has 2 aromatic heterocycles. The Bertz CT molecular complexity index is 523. The molecule has 1 N–H and O–H groups in total. The molecule has 3 rings (SSSR count). The van der Waals surface area contributed by atoms with Crippen LogP contribution in [0.1, 0.15) is 29.0 Å². The van der Waals surface area contributed by atoms with Crippen LogP contribution < -0.4 is 0 Å². The molecule has 0 bridgehead atoms. The molecule has 0 aliphatic carbocycles. The summed E-state index contributed by atoms with van der Waals surface area (Å²) in [5.41, 5.74) is 3.43. The number of aromatic amines is 1. The zero-order valence-corrected chi connectivity index (χ0v) is 11.4. The van der Waals surface area contributed by atoms with E-state index in [1.165, 1.54) is 17.8 Å². The Morgan fingerprint density at radius 1 is 1.58 bits per heavy atom. The first-order chi connectivity index (χ1) is 9.33. The number of piperidine rings is 1. The zero-order valence-electron chi connectivity index (χ0n) is 10.6. The lowest BCUT2D eigenvalue weighted by atomic mass is 9.93. The third-order valence-electron chi connectivity index (χ3n) is 3.52. The number of carbonyl (C=O) groups is 1. The van der Waals surface area contributed by atoms with Crippen LogP contribution in [0.25, 0.3) is 0 Å². The minimum absolute atomic E-state index is 0.0653. The maximum Gasteiger partial charge on any atom is 0.273 e. The van der Waals surface area contributed by atoms with Crippen LogP contribution in [0.4, 0.5) is 0 Å². The van der Waals surface area contributed by atoms with Crippen LogP contribution in [0.2, 0.25) is 0 Å². The molecule has 100 valence electrons. The molecule has 1 atom stereocenters. The highest BCUT2D eigenvalue weighted by atomic mass is 32.1. The predicted molar refractivity (Wildman–Crippen MR) is 73.0 cm³/mol. The van der Waals surface area contributed by atoms with Crippen LogP contribution >= 0.6 is 11.3 Å². The molecule has 19 heavy (non-hydrogen) atoms. The van der Waals surface area contributed by atoms with Crippen molar-refractivity contribution in [1.82, 2.24) is 20.1 Å². The van der Waals surface area contributed by atoms with Gasteiger partial charge in [-0.25, -0.2) is 4.98 Å². The molecular formula is C13H16N4OS. The molecule has 1 unspecified atom stereocenters. The van der Waals surface area contributed by atoms with Gasteiger partial charge in [-0.15, -0.1) is 11.3 Å². The molecule has 0 aromatic carbocycles. The third-order valence-corrected chi connectivity index (χ3v) is 4.11. The second kappa shape index (κ2) is 5.52. The van der Waals surface area contributed by atoms with Gasteiger partial charge in [-0.05, 0) is 31.2 Å². The van der Waals surface area contributed by atoms with E-state index in [-0.39, 0.29) is 5.91 Å². The van der Waals surface area contributed by atoms with Crippen LogP contribution in [0.3, 0.4) is 0 Å². The van der Waals surface area contributed by atoms with Gasteiger partial charge in [0.25, 0.3) is 5.91 Å². The summed E-state index contributed by atoms with van der Waals surface area (Å²) >= 11 is 1.46. The first-order valence-corrected chi connectivity index (χ1v) is 7.43. The number of hydrogen-bond acceptors (Lipinski definition) is 4. The van der Waals surface area contributed by atoms with Crippen LogP contribution in [0, 0.1) is 5.92 Å². The number of amides is 1. The highest BCUT2D eigenvalue weighted by molar-refractivity contribution is 7.07. The van der Waals surface area contributed by atoms with E-state index in [2.05, 4.69) is 15.2 Å². The zero-order chi connectivity index (χ0) is 13.1. The average molecular weight is 276 g/mol. The lowest BCUT2D eigenvalue weighted by Gasteiger charge is -2.32. The second-order valence-corrected chi connectivity index (χ2v) is 5.64. The summed E-state index contributed by atoms with van der Waals surface area (Å²) in [5.74, 6) is 0.576. The highest BCUT2D eigenvalue weighted by Gasteiger charge is 2.25. The molecule has 1 amide bonds. The lowest BCUT2D eigenvalue weighted by Crippen LogP contribution is -2.40. The third kappa shape index (κ3) is 2.84. The molecule has 1 aliphatic heterocycles. The normalized spacial score (nSPS) is 19.6. The Hall–Kier alpha value is -1.69. The van der Waals surface area contributed by atoms with Crippen molar-refractivity contribution in [3.63, 3.8) is 0 Å². The van der Waals surface area contributed by atoms with Crippen molar-refractivity contribution in [2.75, 3.05) is 13.1 Å². The summed E-state index contributed by atoms with van der Waals surface area (Å²) in [7, 11) is 0. The summed E-state index contributed by atoms with van der Waals surface area (Å²) in [6.07, 6.45) is 4.96. The summed E-state index contributed by atoms with van der Waals surface area (Å²) in [5, 5.41) is 8.78. The van der Waals surface area contributed by atoms with Crippen molar-refractivity contribution in [2.24, 2.45) is 5.92 Å². The lowest BCUT2D eigenvalue weighted by molar-refractivity contribution is 0.0667. The van der Waals surface area contributed by atoms with E-state index in [9.17, 15) is 4.79 Å². The van der Waals surface area contributed by atoms with E-state index in [4.69, 9.17) is 0 Å². The SMILES string of the molecule is O=C(c1cscn1)N1CCCC(Cc2ccn[nH]2)C1. The second-order valence-electron chi connectivity index (χ2n) is 4.92. The summed E-state index contributed by atoms with van der Waals surface area (Å²) in [4.78, 5) is 18.3. The van der Waals surface area contributed by atoms with E-state index in [1.807, 2.05) is 16.3 Å². The molecule has 1 aliphatic rings. The summed E-state index contributed by atoms with van der Waals surface area (Å²) < 4.78 is 0. The van der Waals surface area contributed by atoms with Crippen LogP contribution in [0.15, 0.2) is 23.2 Å². The topological polar surface area (TPSA) is 61.9 Å². The monoisotopic (exact) mass is 276 g/mol. The van der Waals surface area contributed by atoms with Gasteiger partial charge in [0.2, 0.25) is 0 Å². The summed E-state index contributed by atoms with van der Waals surface area (Å²) in [6.45, 7) is 1.66. The van der Waals surface area contributed by atoms with Gasteiger partial charge >= 0.3 is 0 Å². The maximum atomic E-state index is 12.3. The molecule has 0 saturated carbocycles. The Labute approximate surface area is 115 Å². The quantitative estimate of drug-likeness (QED) is 0.932.